The van der Waals surface area contributed by atoms with Crippen LogP contribution in [-0.4, -0.2) is 25.9 Å². The minimum absolute atomic E-state index is 0.0442. The normalized spacial score (nSPS) is 12.6. The minimum atomic E-state index is -4.33. The standard InChI is InChI=1S/C15H21NO5S/c1-6-13(17)10(3)11(4)16-12-7-9(2)15(22(18,19)20)8-14(12)21-5/h7-8,10,16H,4,6H2,1-3,5H3,(H,18,19,20). The molecule has 0 amide bonds. The number of ether oxygens (including phenoxy) is 1. The Morgan fingerprint density at radius 3 is 2.50 bits per heavy atom. The SMILES string of the molecule is C=C(Nc1cc(C)c(S(=O)(=O)O)cc1OC)C(C)C(=O)CC. The summed E-state index contributed by atoms with van der Waals surface area (Å²) in [5.41, 5.74) is 1.32. The van der Waals surface area contributed by atoms with E-state index in [2.05, 4.69) is 11.9 Å². The number of hydrogen-bond donors (Lipinski definition) is 2. The van der Waals surface area contributed by atoms with Crippen LogP contribution in [0.4, 0.5) is 5.69 Å². The van der Waals surface area contributed by atoms with Gasteiger partial charge < -0.3 is 10.1 Å². The number of hydrogen-bond acceptors (Lipinski definition) is 5. The molecule has 0 aliphatic carbocycles. The maximum atomic E-state index is 11.7. The van der Waals surface area contributed by atoms with Gasteiger partial charge in [-0.05, 0) is 25.5 Å². The Kier molecular flexibility index (Phi) is 5.73. The fraction of sp³-hybridized carbons (Fsp3) is 0.400. The second-order valence-corrected chi connectivity index (χ2v) is 6.37. The number of methoxy groups -OCH3 is 1. The second-order valence-electron chi connectivity index (χ2n) is 4.98. The monoisotopic (exact) mass is 327 g/mol. The zero-order valence-corrected chi connectivity index (χ0v) is 14.0. The van der Waals surface area contributed by atoms with Crippen molar-refractivity contribution in [3.63, 3.8) is 0 Å². The van der Waals surface area contributed by atoms with E-state index in [1.165, 1.54) is 19.2 Å². The fourth-order valence-electron chi connectivity index (χ4n) is 2.00. The number of rotatable bonds is 7. The van der Waals surface area contributed by atoms with Crippen LogP contribution in [0, 0.1) is 12.8 Å². The molecular formula is C15H21NO5S. The third kappa shape index (κ3) is 4.08. The lowest BCUT2D eigenvalue weighted by Gasteiger charge is -2.18. The number of benzene rings is 1. The van der Waals surface area contributed by atoms with Gasteiger partial charge in [-0.15, -0.1) is 0 Å². The number of carbonyl (C=O) groups is 1. The van der Waals surface area contributed by atoms with E-state index in [1.807, 2.05) is 0 Å². The van der Waals surface area contributed by atoms with Gasteiger partial charge in [-0.1, -0.05) is 13.5 Å². The van der Waals surface area contributed by atoms with Crippen LogP contribution in [-0.2, 0) is 14.9 Å². The van der Waals surface area contributed by atoms with Crippen molar-refractivity contribution in [2.75, 3.05) is 12.4 Å². The number of nitrogens with one attached hydrogen (secondary N) is 1. The zero-order chi connectivity index (χ0) is 17.1. The van der Waals surface area contributed by atoms with E-state index < -0.39 is 10.1 Å². The van der Waals surface area contributed by atoms with E-state index in [9.17, 15) is 17.8 Å². The third-order valence-electron chi connectivity index (χ3n) is 3.42. The molecule has 1 rings (SSSR count). The lowest BCUT2D eigenvalue weighted by Crippen LogP contribution is -2.17. The Morgan fingerprint density at radius 2 is 2.05 bits per heavy atom. The molecule has 0 radical (unpaired) electrons. The van der Waals surface area contributed by atoms with Gasteiger partial charge in [0.05, 0.1) is 18.7 Å². The Morgan fingerprint density at radius 1 is 1.45 bits per heavy atom. The highest BCUT2D eigenvalue weighted by Crippen LogP contribution is 2.32. The lowest BCUT2D eigenvalue weighted by atomic mass is 10.0. The number of carbonyl (C=O) groups excluding carboxylic acids is 1. The summed E-state index contributed by atoms with van der Waals surface area (Å²) in [6.45, 7) is 8.91. The molecule has 122 valence electrons. The molecule has 22 heavy (non-hydrogen) atoms. The summed E-state index contributed by atoms with van der Waals surface area (Å²) in [7, 11) is -2.95. The van der Waals surface area contributed by atoms with Crippen molar-refractivity contribution in [1.29, 1.82) is 0 Å². The topological polar surface area (TPSA) is 92.7 Å². The van der Waals surface area contributed by atoms with Crippen molar-refractivity contribution in [1.82, 2.24) is 0 Å². The van der Waals surface area contributed by atoms with Crippen LogP contribution in [0.15, 0.2) is 29.3 Å². The molecule has 0 spiro atoms. The highest BCUT2D eigenvalue weighted by molar-refractivity contribution is 7.85. The van der Waals surface area contributed by atoms with Crippen LogP contribution in [0.5, 0.6) is 5.75 Å². The third-order valence-corrected chi connectivity index (χ3v) is 4.42. The summed E-state index contributed by atoms with van der Waals surface area (Å²) >= 11 is 0. The molecule has 0 saturated carbocycles. The molecule has 0 aliphatic rings. The average molecular weight is 327 g/mol. The van der Waals surface area contributed by atoms with E-state index in [4.69, 9.17) is 4.74 Å². The molecule has 0 aliphatic heterocycles. The molecule has 0 bridgehead atoms. The van der Waals surface area contributed by atoms with Crippen molar-refractivity contribution < 1.29 is 22.5 Å². The number of ketones is 1. The predicted octanol–water partition coefficient (Wildman–Crippen LogP) is 2.79. The number of aryl methyl sites for hydroxylation is 1. The first-order valence-electron chi connectivity index (χ1n) is 6.76. The van der Waals surface area contributed by atoms with Gasteiger partial charge in [0.1, 0.15) is 16.4 Å². The van der Waals surface area contributed by atoms with Gasteiger partial charge in [-0.3, -0.25) is 9.35 Å². The van der Waals surface area contributed by atoms with Crippen molar-refractivity contribution >= 4 is 21.6 Å². The maximum absolute atomic E-state index is 11.7. The van der Waals surface area contributed by atoms with Gasteiger partial charge >= 0.3 is 0 Å². The van der Waals surface area contributed by atoms with E-state index in [0.717, 1.165) is 0 Å². The summed E-state index contributed by atoms with van der Waals surface area (Å²) in [5, 5.41) is 2.98. The molecule has 1 aromatic rings. The van der Waals surface area contributed by atoms with Gasteiger partial charge in [0, 0.05) is 18.2 Å². The number of allylic oxidation sites excluding steroid dienone is 1. The Bertz CT molecular complexity index is 694. The van der Waals surface area contributed by atoms with Crippen LogP contribution in [0.25, 0.3) is 0 Å². The van der Waals surface area contributed by atoms with Gasteiger partial charge in [0.2, 0.25) is 0 Å². The molecule has 0 saturated heterocycles. The van der Waals surface area contributed by atoms with Crippen LogP contribution < -0.4 is 10.1 Å². The van der Waals surface area contributed by atoms with Crippen LogP contribution in [0.2, 0.25) is 0 Å². The molecule has 6 nitrogen and oxygen atoms in total. The van der Waals surface area contributed by atoms with Crippen LogP contribution in [0.1, 0.15) is 25.8 Å². The van der Waals surface area contributed by atoms with E-state index in [0.29, 0.717) is 23.4 Å². The quantitative estimate of drug-likeness (QED) is 0.748. The zero-order valence-electron chi connectivity index (χ0n) is 13.1. The molecule has 0 aromatic heterocycles. The first-order valence-corrected chi connectivity index (χ1v) is 8.20. The summed E-state index contributed by atoms with van der Waals surface area (Å²) in [6.07, 6.45) is 0.403. The summed E-state index contributed by atoms with van der Waals surface area (Å²) in [4.78, 5) is 11.5. The molecule has 0 fully saturated rings. The van der Waals surface area contributed by atoms with Gasteiger partial charge in [0.25, 0.3) is 10.1 Å². The predicted molar refractivity (Wildman–Crippen MR) is 84.8 cm³/mol. The van der Waals surface area contributed by atoms with Crippen molar-refractivity contribution in [3.8, 4) is 5.75 Å². The molecule has 1 atom stereocenters. The number of anilines is 1. The van der Waals surface area contributed by atoms with Crippen molar-refractivity contribution in [2.45, 2.75) is 32.1 Å². The molecule has 0 heterocycles. The highest BCUT2D eigenvalue weighted by atomic mass is 32.2. The van der Waals surface area contributed by atoms with E-state index in [-0.39, 0.29) is 22.3 Å². The minimum Gasteiger partial charge on any atom is -0.495 e. The van der Waals surface area contributed by atoms with E-state index >= 15 is 0 Å². The van der Waals surface area contributed by atoms with Crippen LogP contribution >= 0.6 is 0 Å². The maximum Gasteiger partial charge on any atom is 0.294 e. The van der Waals surface area contributed by atoms with Crippen molar-refractivity contribution in [2.24, 2.45) is 5.92 Å². The summed E-state index contributed by atoms with van der Waals surface area (Å²) in [5.74, 6) is -0.102. The lowest BCUT2D eigenvalue weighted by molar-refractivity contribution is -0.121. The molecule has 1 unspecified atom stereocenters. The largest absolute Gasteiger partial charge is 0.495 e. The van der Waals surface area contributed by atoms with Gasteiger partial charge in [-0.25, -0.2) is 0 Å². The summed E-state index contributed by atoms with van der Waals surface area (Å²) in [6, 6.07) is 2.75. The Balaban J connectivity index is 3.19. The molecule has 1 aromatic carbocycles. The Hall–Kier alpha value is -1.86. The first-order chi connectivity index (χ1) is 10.1. The Labute approximate surface area is 130 Å². The molecule has 7 heteroatoms. The average Bonchev–Trinajstić information content (AvgIpc) is 2.44. The van der Waals surface area contributed by atoms with Crippen LogP contribution in [0.3, 0.4) is 0 Å². The highest BCUT2D eigenvalue weighted by Gasteiger charge is 2.20. The number of Topliss-reactive ketones (excluding diaryl/α,β-unsaturated/α-hetero) is 1. The fourth-order valence-corrected chi connectivity index (χ4v) is 2.72. The second kappa shape index (κ2) is 6.93. The van der Waals surface area contributed by atoms with Gasteiger partial charge in [-0.2, -0.15) is 8.42 Å². The van der Waals surface area contributed by atoms with Gasteiger partial charge in [0.15, 0.2) is 0 Å². The molecular weight excluding hydrogens is 306 g/mol. The van der Waals surface area contributed by atoms with Crippen molar-refractivity contribution in [3.05, 3.63) is 30.0 Å². The first kappa shape index (κ1) is 18.2. The smallest absolute Gasteiger partial charge is 0.294 e. The van der Waals surface area contributed by atoms with E-state index in [1.54, 1.807) is 20.8 Å². The molecule has 2 N–H and O–H groups in total. The summed E-state index contributed by atoms with van der Waals surface area (Å²) < 4.78 is 36.9.